The highest BCUT2D eigenvalue weighted by Crippen LogP contribution is 2.59. The summed E-state index contributed by atoms with van der Waals surface area (Å²) < 4.78 is 12.6. The third kappa shape index (κ3) is 2.73. The van der Waals surface area contributed by atoms with Crippen LogP contribution in [-0.2, 0) is 8.85 Å². The summed E-state index contributed by atoms with van der Waals surface area (Å²) in [6.45, 7) is 14.0. The summed E-state index contributed by atoms with van der Waals surface area (Å²) >= 11 is 0. The van der Waals surface area contributed by atoms with Crippen LogP contribution in [0.4, 0.5) is 0 Å². The molecule has 0 radical (unpaired) electrons. The maximum Gasteiger partial charge on any atom is 0.347 e. The third-order valence-corrected chi connectivity index (χ3v) is 11.8. The zero-order chi connectivity index (χ0) is 15.6. The van der Waals surface area contributed by atoms with Crippen LogP contribution >= 0.6 is 0 Å². The summed E-state index contributed by atoms with van der Waals surface area (Å²) in [4.78, 5) is 0. The number of rotatable bonds is 7. The summed E-state index contributed by atoms with van der Waals surface area (Å²) in [5.74, 6) is 2.14. The number of hydrogen-bond donors (Lipinski definition) is 0. The van der Waals surface area contributed by atoms with E-state index in [4.69, 9.17) is 8.85 Å². The molecule has 2 atom stereocenters. The molecular weight excluding hydrogens is 264 g/mol. The van der Waals surface area contributed by atoms with Crippen LogP contribution in [0, 0.1) is 17.8 Å². The van der Waals surface area contributed by atoms with E-state index in [9.17, 15) is 0 Å². The SMILES string of the molecule is CCC1CCC(CC)C1[Si](OC)(OC)C(C)(C)C(C)C. The molecule has 1 fully saturated rings. The lowest BCUT2D eigenvalue weighted by Crippen LogP contribution is -2.58. The van der Waals surface area contributed by atoms with E-state index in [1.807, 2.05) is 14.2 Å². The van der Waals surface area contributed by atoms with Crippen molar-refractivity contribution in [1.82, 2.24) is 0 Å². The van der Waals surface area contributed by atoms with Gasteiger partial charge in [-0.25, -0.2) is 0 Å². The van der Waals surface area contributed by atoms with Crippen molar-refractivity contribution in [3.05, 3.63) is 0 Å². The van der Waals surface area contributed by atoms with Gasteiger partial charge in [0.2, 0.25) is 0 Å². The zero-order valence-corrected chi connectivity index (χ0v) is 16.0. The number of hydrogen-bond acceptors (Lipinski definition) is 2. The molecule has 2 unspecified atom stereocenters. The highest BCUT2D eigenvalue weighted by molar-refractivity contribution is 6.72. The quantitative estimate of drug-likeness (QED) is 0.588. The fraction of sp³-hybridized carbons (Fsp3) is 1.00. The molecule has 120 valence electrons. The maximum atomic E-state index is 6.28. The van der Waals surface area contributed by atoms with Gasteiger partial charge in [-0.3, -0.25) is 0 Å². The molecule has 0 aromatic heterocycles. The Hall–Kier alpha value is 0.137. The molecule has 1 aliphatic carbocycles. The molecule has 0 bridgehead atoms. The fourth-order valence-electron chi connectivity index (χ4n) is 4.42. The van der Waals surface area contributed by atoms with Crippen molar-refractivity contribution >= 4 is 8.56 Å². The van der Waals surface area contributed by atoms with E-state index in [1.165, 1.54) is 25.7 Å². The standard InChI is InChI=1S/C17H36O2Si/c1-9-14-11-12-15(10-2)16(14)20(18-7,19-8)17(5,6)13(3)4/h13-16H,9-12H2,1-8H3. The van der Waals surface area contributed by atoms with Gasteiger partial charge >= 0.3 is 8.56 Å². The van der Waals surface area contributed by atoms with Crippen LogP contribution in [0.25, 0.3) is 0 Å². The summed E-state index contributed by atoms with van der Waals surface area (Å²) in [7, 11) is 1.53. The van der Waals surface area contributed by atoms with Crippen LogP contribution in [-0.4, -0.2) is 22.8 Å². The molecule has 1 rings (SSSR count). The van der Waals surface area contributed by atoms with Gasteiger partial charge in [-0.1, -0.05) is 67.2 Å². The lowest BCUT2D eigenvalue weighted by atomic mass is 9.98. The highest BCUT2D eigenvalue weighted by Gasteiger charge is 2.62. The first-order chi connectivity index (χ1) is 9.32. The molecule has 1 aliphatic rings. The smallest absolute Gasteiger partial charge is 0.347 e. The van der Waals surface area contributed by atoms with Crippen LogP contribution < -0.4 is 0 Å². The molecule has 0 amide bonds. The molecule has 0 aromatic carbocycles. The average molecular weight is 301 g/mol. The Bertz CT molecular complexity index is 285. The van der Waals surface area contributed by atoms with E-state index in [-0.39, 0.29) is 5.04 Å². The third-order valence-electron chi connectivity index (χ3n) is 6.36. The summed E-state index contributed by atoms with van der Waals surface area (Å²) in [6, 6.07) is 0. The van der Waals surface area contributed by atoms with Crippen LogP contribution in [0.1, 0.15) is 67.2 Å². The fourth-order valence-corrected chi connectivity index (χ4v) is 9.90. The molecule has 20 heavy (non-hydrogen) atoms. The van der Waals surface area contributed by atoms with Crippen molar-refractivity contribution in [2.75, 3.05) is 14.2 Å². The molecule has 3 heteroatoms. The normalized spacial score (nSPS) is 28.4. The Morgan fingerprint density at radius 3 is 1.65 bits per heavy atom. The van der Waals surface area contributed by atoms with Crippen molar-refractivity contribution in [3.63, 3.8) is 0 Å². The first-order valence-corrected chi connectivity index (χ1v) is 10.3. The molecule has 0 spiro atoms. The van der Waals surface area contributed by atoms with E-state index >= 15 is 0 Å². The largest absolute Gasteiger partial charge is 0.397 e. The highest BCUT2D eigenvalue weighted by atomic mass is 28.4. The van der Waals surface area contributed by atoms with Gasteiger partial charge < -0.3 is 8.85 Å². The molecule has 1 saturated carbocycles. The van der Waals surface area contributed by atoms with E-state index in [0.717, 1.165) is 11.8 Å². The maximum absolute atomic E-state index is 6.28. The first kappa shape index (κ1) is 18.2. The van der Waals surface area contributed by atoms with Crippen molar-refractivity contribution in [2.45, 2.75) is 77.8 Å². The van der Waals surface area contributed by atoms with Gasteiger partial charge in [0.25, 0.3) is 0 Å². The predicted octanol–water partition coefficient (Wildman–Crippen LogP) is 5.37. The Morgan fingerprint density at radius 1 is 1.00 bits per heavy atom. The van der Waals surface area contributed by atoms with Crippen molar-refractivity contribution in [3.8, 4) is 0 Å². The summed E-state index contributed by atoms with van der Waals surface area (Å²) in [5, 5.41) is 0.131. The monoisotopic (exact) mass is 300 g/mol. The minimum Gasteiger partial charge on any atom is -0.397 e. The topological polar surface area (TPSA) is 18.5 Å². The minimum atomic E-state index is -2.27. The van der Waals surface area contributed by atoms with E-state index in [2.05, 4.69) is 41.5 Å². The van der Waals surface area contributed by atoms with Gasteiger partial charge in [0, 0.05) is 24.8 Å². The molecule has 0 aliphatic heterocycles. The van der Waals surface area contributed by atoms with E-state index in [1.54, 1.807) is 0 Å². The molecule has 0 saturated heterocycles. The van der Waals surface area contributed by atoms with Crippen LogP contribution in [0.15, 0.2) is 0 Å². The predicted molar refractivity (Wildman–Crippen MR) is 89.2 cm³/mol. The van der Waals surface area contributed by atoms with Crippen molar-refractivity contribution < 1.29 is 8.85 Å². The Labute approximate surface area is 127 Å². The van der Waals surface area contributed by atoms with Crippen LogP contribution in [0.2, 0.25) is 10.6 Å². The molecule has 0 N–H and O–H groups in total. The lowest BCUT2D eigenvalue weighted by Gasteiger charge is -2.50. The molecule has 2 nitrogen and oxygen atoms in total. The first-order valence-electron chi connectivity index (χ1n) is 8.42. The molecule has 0 heterocycles. The van der Waals surface area contributed by atoms with Crippen LogP contribution in [0.5, 0.6) is 0 Å². The van der Waals surface area contributed by atoms with Gasteiger partial charge in [0.1, 0.15) is 0 Å². The Morgan fingerprint density at radius 2 is 1.40 bits per heavy atom. The van der Waals surface area contributed by atoms with Crippen molar-refractivity contribution in [2.24, 2.45) is 17.8 Å². The zero-order valence-electron chi connectivity index (χ0n) is 15.0. The van der Waals surface area contributed by atoms with Crippen LogP contribution in [0.3, 0.4) is 0 Å². The van der Waals surface area contributed by atoms with Crippen molar-refractivity contribution in [1.29, 1.82) is 0 Å². The average Bonchev–Trinajstić information content (AvgIpc) is 2.84. The van der Waals surface area contributed by atoms with Gasteiger partial charge in [-0.05, 0) is 17.8 Å². The summed E-state index contributed by atoms with van der Waals surface area (Å²) in [5.41, 5.74) is 0.643. The minimum absolute atomic E-state index is 0.131. The van der Waals surface area contributed by atoms with E-state index < -0.39 is 8.56 Å². The summed E-state index contributed by atoms with van der Waals surface area (Å²) in [6.07, 6.45) is 5.23. The van der Waals surface area contributed by atoms with Gasteiger partial charge in [0.15, 0.2) is 0 Å². The second-order valence-corrected chi connectivity index (χ2v) is 11.5. The van der Waals surface area contributed by atoms with Gasteiger partial charge in [0.05, 0.1) is 0 Å². The second-order valence-electron chi connectivity index (χ2n) is 7.39. The lowest BCUT2D eigenvalue weighted by molar-refractivity contribution is 0.161. The second kappa shape index (κ2) is 6.93. The van der Waals surface area contributed by atoms with Gasteiger partial charge in [-0.15, -0.1) is 0 Å². The Balaban J connectivity index is 3.29. The van der Waals surface area contributed by atoms with E-state index in [0.29, 0.717) is 11.5 Å². The molecular formula is C17H36O2Si. The van der Waals surface area contributed by atoms with Gasteiger partial charge in [-0.2, -0.15) is 0 Å². The Kier molecular flexibility index (Phi) is 6.30. The molecule has 0 aromatic rings.